The van der Waals surface area contributed by atoms with E-state index in [1.165, 1.54) is 0 Å². The lowest BCUT2D eigenvalue weighted by atomic mass is 10.2. The van der Waals surface area contributed by atoms with E-state index in [1.54, 1.807) is 0 Å². The molecule has 0 saturated heterocycles. The summed E-state index contributed by atoms with van der Waals surface area (Å²) in [6.07, 6.45) is 2.37. The molecule has 0 unspecified atom stereocenters. The molecule has 0 aliphatic carbocycles. The van der Waals surface area contributed by atoms with Crippen molar-refractivity contribution in [3.63, 3.8) is 0 Å². The minimum Gasteiger partial charge on any atom is -0.326 e. The minimum absolute atomic E-state index is 0.0968. The third kappa shape index (κ3) is 7.69. The Kier molecular flexibility index (Phi) is 7.81. The number of anilines is 1. The Morgan fingerprint density at radius 1 is 1.24 bits per heavy atom. The number of nitrogens with one attached hydrogen (secondary N) is 3. The number of halogens is 1. The molecule has 2 amide bonds. The van der Waals surface area contributed by atoms with Crippen LogP contribution in [0.4, 0.5) is 5.69 Å². The van der Waals surface area contributed by atoms with Crippen LogP contribution in [0.5, 0.6) is 0 Å². The van der Waals surface area contributed by atoms with E-state index < -0.39 is 0 Å². The van der Waals surface area contributed by atoms with Crippen molar-refractivity contribution in [3.05, 3.63) is 40.1 Å². The quantitative estimate of drug-likeness (QED) is 0.464. The highest BCUT2D eigenvalue weighted by Crippen LogP contribution is 2.12. The zero-order chi connectivity index (χ0) is 15.7. The molecule has 0 aromatic heterocycles. The van der Waals surface area contributed by atoms with Crippen LogP contribution in [0.2, 0.25) is 0 Å². The van der Waals surface area contributed by atoms with Crippen LogP contribution in [0.1, 0.15) is 32.6 Å². The maximum absolute atomic E-state index is 11.8. The van der Waals surface area contributed by atoms with Gasteiger partial charge in [0.2, 0.25) is 11.8 Å². The number of benzene rings is 1. The average Bonchev–Trinajstić information content (AvgIpc) is 2.42. The Morgan fingerprint density at radius 3 is 2.67 bits per heavy atom. The van der Waals surface area contributed by atoms with E-state index in [4.69, 9.17) is 0 Å². The maximum Gasteiger partial charge on any atom is 0.238 e. The molecule has 1 rings (SSSR count). The maximum atomic E-state index is 11.8. The van der Waals surface area contributed by atoms with Gasteiger partial charge in [-0.3, -0.25) is 15.0 Å². The topological polar surface area (TPSA) is 70.2 Å². The second kappa shape index (κ2) is 9.38. The van der Waals surface area contributed by atoms with Gasteiger partial charge in [-0.25, -0.2) is 0 Å². The lowest BCUT2D eigenvalue weighted by Gasteiger charge is -2.11. The van der Waals surface area contributed by atoms with E-state index in [9.17, 15) is 9.59 Å². The Bertz CT molecular complexity index is 517. The van der Waals surface area contributed by atoms with E-state index in [-0.39, 0.29) is 18.2 Å². The zero-order valence-electron chi connectivity index (χ0n) is 12.0. The van der Waals surface area contributed by atoms with Crippen molar-refractivity contribution < 1.29 is 9.59 Å². The molecule has 0 aliphatic rings. The fourth-order valence-electron chi connectivity index (χ4n) is 1.57. The Hall–Kier alpha value is -1.57. The molecule has 6 heteroatoms. The smallest absolute Gasteiger partial charge is 0.238 e. The highest BCUT2D eigenvalue weighted by Gasteiger charge is 2.06. The van der Waals surface area contributed by atoms with E-state index in [2.05, 4.69) is 45.3 Å². The molecule has 0 saturated carbocycles. The molecule has 0 radical (unpaired) electrons. The lowest BCUT2D eigenvalue weighted by Crippen LogP contribution is -2.37. The summed E-state index contributed by atoms with van der Waals surface area (Å²) in [4.78, 5) is 23.2. The number of hydrazine groups is 1. The zero-order valence-corrected chi connectivity index (χ0v) is 14.2. The van der Waals surface area contributed by atoms with E-state index in [1.807, 2.05) is 31.2 Å². The van der Waals surface area contributed by atoms with Crippen LogP contribution in [-0.2, 0) is 9.59 Å². The molecule has 114 valence electrons. The van der Waals surface area contributed by atoms with E-state index in [0.717, 1.165) is 22.1 Å². The van der Waals surface area contributed by atoms with Gasteiger partial charge in [-0.05, 0) is 47.2 Å². The molecule has 0 aliphatic heterocycles. The third-order valence-corrected chi connectivity index (χ3v) is 3.29. The van der Waals surface area contributed by atoms with E-state index >= 15 is 0 Å². The van der Waals surface area contributed by atoms with Crippen LogP contribution in [0.25, 0.3) is 0 Å². The Balaban J connectivity index is 2.31. The van der Waals surface area contributed by atoms with Crippen LogP contribution in [-0.4, -0.2) is 11.8 Å². The molecule has 1 aromatic rings. The lowest BCUT2D eigenvalue weighted by molar-refractivity contribution is -0.122. The molecule has 1 aromatic carbocycles. The number of hydrogen-bond donors (Lipinski definition) is 3. The van der Waals surface area contributed by atoms with Crippen LogP contribution < -0.4 is 16.2 Å². The van der Waals surface area contributed by atoms with Gasteiger partial charge in [-0.1, -0.05) is 26.0 Å². The molecule has 0 heterocycles. The van der Waals surface area contributed by atoms with Gasteiger partial charge in [0, 0.05) is 21.4 Å². The van der Waals surface area contributed by atoms with Crippen molar-refractivity contribution in [2.75, 3.05) is 5.32 Å². The molecule has 21 heavy (non-hydrogen) atoms. The largest absolute Gasteiger partial charge is 0.326 e. The summed E-state index contributed by atoms with van der Waals surface area (Å²) in [7, 11) is 0. The van der Waals surface area contributed by atoms with Gasteiger partial charge in [-0.2, -0.15) is 0 Å². The second-order valence-electron chi connectivity index (χ2n) is 4.62. The Morgan fingerprint density at radius 2 is 2.00 bits per heavy atom. The fraction of sp³-hybridized carbons (Fsp3) is 0.333. The van der Waals surface area contributed by atoms with Crippen molar-refractivity contribution in [1.29, 1.82) is 0 Å². The first-order valence-corrected chi connectivity index (χ1v) is 7.87. The number of unbranched alkanes of at least 4 members (excludes halogenated alkanes) is 1. The van der Waals surface area contributed by atoms with Crippen LogP contribution in [0.3, 0.4) is 0 Å². The SMILES string of the molecule is C=C(CC(=O)Nc1cccc(I)c1)NNC(=O)CCCC. The number of rotatable bonds is 8. The highest BCUT2D eigenvalue weighted by molar-refractivity contribution is 14.1. The molecule has 0 spiro atoms. The number of hydrogen-bond acceptors (Lipinski definition) is 3. The summed E-state index contributed by atoms with van der Waals surface area (Å²) in [5.41, 5.74) is 6.38. The highest BCUT2D eigenvalue weighted by atomic mass is 127. The van der Waals surface area contributed by atoms with Crippen LogP contribution in [0, 0.1) is 3.57 Å². The van der Waals surface area contributed by atoms with Gasteiger partial charge in [0.05, 0.1) is 6.42 Å². The second-order valence-corrected chi connectivity index (χ2v) is 5.86. The number of carbonyl (C=O) groups is 2. The average molecular weight is 401 g/mol. The first kappa shape index (κ1) is 17.5. The van der Waals surface area contributed by atoms with Gasteiger partial charge in [0.1, 0.15) is 0 Å². The van der Waals surface area contributed by atoms with Gasteiger partial charge in [0.15, 0.2) is 0 Å². The summed E-state index contributed by atoms with van der Waals surface area (Å²) in [5, 5.41) is 2.78. The van der Waals surface area contributed by atoms with Crippen molar-refractivity contribution in [2.45, 2.75) is 32.6 Å². The third-order valence-electron chi connectivity index (χ3n) is 2.62. The van der Waals surface area contributed by atoms with Crippen LogP contribution in [0.15, 0.2) is 36.5 Å². The summed E-state index contributed by atoms with van der Waals surface area (Å²) in [6, 6.07) is 7.52. The van der Waals surface area contributed by atoms with E-state index in [0.29, 0.717) is 12.1 Å². The molecular formula is C15H20IN3O2. The fourth-order valence-corrected chi connectivity index (χ4v) is 2.11. The van der Waals surface area contributed by atoms with Crippen LogP contribution >= 0.6 is 22.6 Å². The van der Waals surface area contributed by atoms with Crippen molar-refractivity contribution in [1.82, 2.24) is 10.9 Å². The van der Waals surface area contributed by atoms with Crippen molar-refractivity contribution in [3.8, 4) is 0 Å². The molecule has 0 bridgehead atoms. The molecule has 5 nitrogen and oxygen atoms in total. The number of amides is 2. The normalized spacial score (nSPS) is 9.81. The number of carbonyl (C=O) groups excluding carboxylic acids is 2. The van der Waals surface area contributed by atoms with Crippen molar-refractivity contribution in [2.24, 2.45) is 0 Å². The summed E-state index contributed by atoms with van der Waals surface area (Å²) in [6.45, 7) is 5.74. The van der Waals surface area contributed by atoms with Gasteiger partial charge < -0.3 is 10.7 Å². The minimum atomic E-state index is -0.183. The standard InChI is InChI=1S/C15H20IN3O2/c1-3-4-8-14(20)19-18-11(2)9-15(21)17-13-7-5-6-12(16)10-13/h5-7,10,18H,2-4,8-9H2,1H3,(H,17,21)(H,19,20). The van der Waals surface area contributed by atoms with Crippen molar-refractivity contribution >= 4 is 40.1 Å². The first-order valence-electron chi connectivity index (χ1n) is 6.79. The molecule has 0 atom stereocenters. The predicted octanol–water partition coefficient (Wildman–Crippen LogP) is 2.94. The summed E-state index contributed by atoms with van der Waals surface area (Å²) in [5.74, 6) is -0.284. The van der Waals surface area contributed by atoms with Gasteiger partial charge >= 0.3 is 0 Å². The molecule has 3 N–H and O–H groups in total. The molecular weight excluding hydrogens is 381 g/mol. The summed E-state index contributed by atoms with van der Waals surface area (Å²) >= 11 is 2.18. The molecule has 0 fully saturated rings. The predicted molar refractivity (Wildman–Crippen MR) is 92.3 cm³/mol. The van der Waals surface area contributed by atoms with Gasteiger partial charge in [0.25, 0.3) is 0 Å². The monoisotopic (exact) mass is 401 g/mol. The summed E-state index contributed by atoms with van der Waals surface area (Å²) < 4.78 is 1.05. The first-order chi connectivity index (χ1) is 10.0. The Labute approximate surface area is 138 Å². The van der Waals surface area contributed by atoms with Gasteiger partial charge in [-0.15, -0.1) is 0 Å².